The number of aliphatic hydroxyl groups is 1. The Morgan fingerprint density at radius 1 is 1.36 bits per heavy atom. The van der Waals surface area contributed by atoms with E-state index in [0.29, 0.717) is 19.5 Å². The molecule has 0 aliphatic carbocycles. The van der Waals surface area contributed by atoms with Crippen LogP contribution in [0.2, 0.25) is 0 Å². The molecule has 22 heavy (non-hydrogen) atoms. The molecule has 1 aromatic heterocycles. The second-order valence-corrected chi connectivity index (χ2v) is 6.32. The fourth-order valence-electron chi connectivity index (χ4n) is 2.47. The summed E-state index contributed by atoms with van der Waals surface area (Å²) in [5, 5.41) is 9.91. The molecule has 122 valence electrons. The molecule has 0 bridgehead atoms. The van der Waals surface area contributed by atoms with Gasteiger partial charge in [-0.15, -0.1) is 0 Å². The first-order valence-corrected chi connectivity index (χ1v) is 9.06. The number of anilines is 1. The highest BCUT2D eigenvalue weighted by molar-refractivity contribution is 7.98. The number of nitrogens with zero attached hydrogens (tertiary/aromatic N) is 4. The third-order valence-corrected chi connectivity index (χ3v) is 4.51. The number of carbonyl (C=O) groups excluding carboxylic acids is 1. The summed E-state index contributed by atoms with van der Waals surface area (Å²) in [6.07, 6.45) is 4.10. The SMILES string of the molecule is CCc1cc(N2CCN(C(=O)C(O)CCSC)CC2)ncn1. The van der Waals surface area contributed by atoms with Crippen LogP contribution >= 0.6 is 11.8 Å². The fourth-order valence-corrected chi connectivity index (χ4v) is 2.93. The second-order valence-electron chi connectivity index (χ2n) is 5.33. The van der Waals surface area contributed by atoms with E-state index >= 15 is 0 Å². The van der Waals surface area contributed by atoms with E-state index in [1.54, 1.807) is 23.0 Å². The molecule has 1 aromatic rings. The Hall–Kier alpha value is -1.34. The molecule has 0 spiro atoms. The summed E-state index contributed by atoms with van der Waals surface area (Å²) < 4.78 is 0. The molecule has 2 heterocycles. The molecule has 1 aliphatic rings. The van der Waals surface area contributed by atoms with Crippen LogP contribution in [0.5, 0.6) is 0 Å². The van der Waals surface area contributed by atoms with Crippen LogP contribution < -0.4 is 4.90 Å². The van der Waals surface area contributed by atoms with Gasteiger partial charge in [-0.05, 0) is 24.9 Å². The first-order chi connectivity index (χ1) is 10.7. The van der Waals surface area contributed by atoms with Crippen molar-refractivity contribution in [2.75, 3.05) is 43.1 Å². The van der Waals surface area contributed by atoms with Crippen LogP contribution in [0.4, 0.5) is 5.82 Å². The van der Waals surface area contributed by atoms with E-state index in [1.165, 1.54) is 0 Å². The number of carbonyl (C=O) groups is 1. The molecule has 1 N–H and O–H groups in total. The predicted octanol–water partition coefficient (Wildman–Crippen LogP) is 0.802. The summed E-state index contributed by atoms with van der Waals surface area (Å²) in [4.78, 5) is 24.6. The second kappa shape index (κ2) is 8.33. The molecule has 1 unspecified atom stereocenters. The summed E-state index contributed by atoms with van der Waals surface area (Å²) in [7, 11) is 0. The van der Waals surface area contributed by atoms with Crippen molar-refractivity contribution in [3.8, 4) is 0 Å². The van der Waals surface area contributed by atoms with Crippen LogP contribution in [-0.4, -0.2) is 70.2 Å². The lowest BCUT2D eigenvalue weighted by Crippen LogP contribution is -2.51. The molecule has 1 saturated heterocycles. The molecule has 1 aliphatic heterocycles. The molecular formula is C15H24N4O2S. The smallest absolute Gasteiger partial charge is 0.251 e. The summed E-state index contributed by atoms with van der Waals surface area (Å²) in [5.41, 5.74) is 1.02. The number of aromatic nitrogens is 2. The highest BCUT2D eigenvalue weighted by atomic mass is 32.2. The number of thioether (sulfide) groups is 1. The highest BCUT2D eigenvalue weighted by Crippen LogP contribution is 2.15. The third-order valence-electron chi connectivity index (χ3n) is 3.87. The average molecular weight is 324 g/mol. The average Bonchev–Trinajstić information content (AvgIpc) is 2.59. The summed E-state index contributed by atoms with van der Waals surface area (Å²) in [5.74, 6) is 1.57. The zero-order valence-corrected chi connectivity index (χ0v) is 14.1. The number of hydrogen-bond acceptors (Lipinski definition) is 6. The molecule has 0 radical (unpaired) electrons. The summed E-state index contributed by atoms with van der Waals surface area (Å²) in [6, 6.07) is 2.00. The number of aliphatic hydroxyl groups excluding tert-OH is 1. The quantitative estimate of drug-likeness (QED) is 0.835. The van der Waals surface area contributed by atoms with Gasteiger partial charge < -0.3 is 14.9 Å². The normalized spacial score (nSPS) is 16.7. The zero-order valence-electron chi connectivity index (χ0n) is 13.2. The van der Waals surface area contributed by atoms with Gasteiger partial charge in [0.2, 0.25) is 0 Å². The van der Waals surface area contributed by atoms with Gasteiger partial charge in [-0.2, -0.15) is 11.8 Å². The van der Waals surface area contributed by atoms with Gasteiger partial charge in [-0.25, -0.2) is 9.97 Å². The molecule has 2 rings (SSSR count). The molecule has 6 nitrogen and oxygen atoms in total. The minimum Gasteiger partial charge on any atom is -0.383 e. The van der Waals surface area contributed by atoms with Crippen molar-refractivity contribution in [3.05, 3.63) is 18.1 Å². The van der Waals surface area contributed by atoms with E-state index in [-0.39, 0.29) is 5.91 Å². The molecule has 0 aromatic carbocycles. The van der Waals surface area contributed by atoms with Crippen LogP contribution in [-0.2, 0) is 11.2 Å². The lowest BCUT2D eigenvalue weighted by Gasteiger charge is -2.36. The van der Waals surface area contributed by atoms with Crippen LogP contribution in [0, 0.1) is 0 Å². The Kier molecular flexibility index (Phi) is 6.45. The van der Waals surface area contributed by atoms with Crippen molar-refractivity contribution in [1.82, 2.24) is 14.9 Å². The first kappa shape index (κ1) is 17.0. The van der Waals surface area contributed by atoms with E-state index in [2.05, 4.69) is 21.8 Å². The van der Waals surface area contributed by atoms with Crippen molar-refractivity contribution in [3.63, 3.8) is 0 Å². The van der Waals surface area contributed by atoms with Crippen LogP contribution in [0.25, 0.3) is 0 Å². The van der Waals surface area contributed by atoms with Gasteiger partial charge in [0.15, 0.2) is 0 Å². The topological polar surface area (TPSA) is 69.6 Å². The van der Waals surface area contributed by atoms with Gasteiger partial charge in [0.1, 0.15) is 18.2 Å². The lowest BCUT2D eigenvalue weighted by atomic mass is 10.2. The monoisotopic (exact) mass is 324 g/mol. The van der Waals surface area contributed by atoms with Crippen molar-refractivity contribution in [1.29, 1.82) is 0 Å². The summed E-state index contributed by atoms with van der Waals surface area (Å²) >= 11 is 1.64. The van der Waals surface area contributed by atoms with Crippen molar-refractivity contribution in [2.45, 2.75) is 25.9 Å². The molecule has 1 atom stereocenters. The van der Waals surface area contributed by atoms with Crippen molar-refractivity contribution in [2.24, 2.45) is 0 Å². The van der Waals surface area contributed by atoms with Gasteiger partial charge in [-0.1, -0.05) is 6.92 Å². The van der Waals surface area contributed by atoms with E-state index in [0.717, 1.165) is 36.8 Å². The maximum Gasteiger partial charge on any atom is 0.251 e. The molecule has 1 amide bonds. The number of hydrogen-bond donors (Lipinski definition) is 1. The first-order valence-electron chi connectivity index (χ1n) is 7.67. The number of amides is 1. The maximum atomic E-state index is 12.2. The van der Waals surface area contributed by atoms with Crippen LogP contribution in [0.15, 0.2) is 12.4 Å². The molecule has 1 fully saturated rings. The minimum absolute atomic E-state index is 0.148. The Labute approximate surface area is 135 Å². The van der Waals surface area contributed by atoms with Crippen LogP contribution in [0.1, 0.15) is 19.0 Å². The molecule has 0 saturated carbocycles. The molecular weight excluding hydrogens is 300 g/mol. The van der Waals surface area contributed by atoms with Gasteiger partial charge >= 0.3 is 0 Å². The van der Waals surface area contributed by atoms with E-state index < -0.39 is 6.10 Å². The van der Waals surface area contributed by atoms with Gasteiger partial charge in [0, 0.05) is 37.9 Å². The van der Waals surface area contributed by atoms with Crippen molar-refractivity contribution < 1.29 is 9.90 Å². The van der Waals surface area contributed by atoms with E-state index in [1.807, 2.05) is 12.3 Å². The third kappa shape index (κ3) is 4.33. The fraction of sp³-hybridized carbons (Fsp3) is 0.667. The van der Waals surface area contributed by atoms with E-state index in [4.69, 9.17) is 0 Å². The number of rotatable bonds is 6. The number of piperazine rings is 1. The minimum atomic E-state index is -0.871. The van der Waals surface area contributed by atoms with Gasteiger partial charge in [0.05, 0.1) is 0 Å². The Morgan fingerprint density at radius 2 is 2.09 bits per heavy atom. The predicted molar refractivity (Wildman–Crippen MR) is 89.2 cm³/mol. The zero-order chi connectivity index (χ0) is 15.9. The Bertz CT molecular complexity index is 492. The largest absolute Gasteiger partial charge is 0.383 e. The number of aryl methyl sites for hydroxylation is 1. The lowest BCUT2D eigenvalue weighted by molar-refractivity contribution is -0.140. The summed E-state index contributed by atoms with van der Waals surface area (Å²) in [6.45, 7) is 4.79. The Balaban J connectivity index is 1.88. The van der Waals surface area contributed by atoms with Gasteiger partial charge in [-0.3, -0.25) is 4.79 Å². The van der Waals surface area contributed by atoms with Gasteiger partial charge in [0.25, 0.3) is 5.91 Å². The van der Waals surface area contributed by atoms with E-state index in [9.17, 15) is 9.90 Å². The molecule has 7 heteroatoms. The maximum absolute atomic E-state index is 12.2. The van der Waals surface area contributed by atoms with Crippen molar-refractivity contribution >= 4 is 23.5 Å². The standard InChI is InChI=1S/C15H24N4O2S/c1-3-12-10-14(17-11-16-12)18-5-7-19(8-6-18)15(21)13(20)4-9-22-2/h10-11,13,20H,3-9H2,1-2H3. The highest BCUT2D eigenvalue weighted by Gasteiger charge is 2.26. The van der Waals surface area contributed by atoms with Crippen LogP contribution in [0.3, 0.4) is 0 Å². The Morgan fingerprint density at radius 3 is 2.73 bits per heavy atom.